The molecule has 1 fully saturated rings. The summed E-state index contributed by atoms with van der Waals surface area (Å²) in [5.41, 5.74) is 4.27. The molecule has 0 radical (unpaired) electrons. The average Bonchev–Trinajstić information content (AvgIpc) is 3.49. The minimum atomic E-state index is -3.22. The van der Waals surface area contributed by atoms with Crippen molar-refractivity contribution in [2.45, 2.75) is 38.7 Å². The van der Waals surface area contributed by atoms with Gasteiger partial charge in [0.25, 0.3) is 5.91 Å². The predicted octanol–water partition coefficient (Wildman–Crippen LogP) is 3.28. The molecular formula is C18H20ClF2N5O2. The number of alkyl halides is 2. The van der Waals surface area contributed by atoms with Crippen molar-refractivity contribution < 1.29 is 18.4 Å². The first-order valence-electron chi connectivity index (χ1n) is 8.64. The van der Waals surface area contributed by atoms with Gasteiger partial charge in [0.2, 0.25) is 5.95 Å². The van der Waals surface area contributed by atoms with E-state index in [-0.39, 0.29) is 11.1 Å². The van der Waals surface area contributed by atoms with Crippen LogP contribution in [0.5, 0.6) is 0 Å². The van der Waals surface area contributed by atoms with E-state index in [0.717, 1.165) is 18.4 Å². The first-order valence-corrected chi connectivity index (χ1v) is 9.02. The first-order chi connectivity index (χ1) is 13.4. The molecule has 150 valence electrons. The molecule has 7 nitrogen and oxygen atoms in total. The maximum Gasteiger partial charge on any atom is 0.317 e. The molecule has 10 heteroatoms. The summed E-state index contributed by atoms with van der Waals surface area (Å²) >= 11 is 5.90. The molecule has 2 amide bonds. The number of anilines is 1. The lowest BCUT2D eigenvalue weighted by Gasteiger charge is -2.18. The van der Waals surface area contributed by atoms with Crippen LogP contribution in [0.3, 0.4) is 0 Å². The zero-order valence-electron chi connectivity index (χ0n) is 15.3. The van der Waals surface area contributed by atoms with Crippen molar-refractivity contribution in [3.05, 3.63) is 52.8 Å². The van der Waals surface area contributed by atoms with Crippen LogP contribution in [0, 0.1) is 0 Å². The molecule has 28 heavy (non-hydrogen) atoms. The van der Waals surface area contributed by atoms with Gasteiger partial charge in [0.05, 0.1) is 11.1 Å². The minimum Gasteiger partial charge on any atom is -0.345 e. The van der Waals surface area contributed by atoms with Crippen LogP contribution in [-0.2, 0) is 10.3 Å². The number of nitrogens with one attached hydrogen (secondary N) is 3. The number of amides is 2. The molecule has 1 aliphatic carbocycles. The third kappa shape index (κ3) is 5.35. The Kier molecular flexibility index (Phi) is 7.22. The minimum absolute atomic E-state index is 0.0152. The van der Waals surface area contributed by atoms with Crippen LogP contribution >= 0.6 is 11.6 Å². The van der Waals surface area contributed by atoms with Crippen molar-refractivity contribution in [2.75, 3.05) is 5.32 Å². The van der Waals surface area contributed by atoms with Crippen molar-refractivity contribution in [3.8, 4) is 0 Å². The molecular weight excluding hydrogens is 392 g/mol. The van der Waals surface area contributed by atoms with E-state index in [9.17, 15) is 18.4 Å². The predicted molar refractivity (Wildman–Crippen MR) is 101 cm³/mol. The molecule has 0 bridgehead atoms. The Balaban J connectivity index is 0.00000136. The molecule has 1 heterocycles. The highest BCUT2D eigenvalue weighted by Gasteiger charge is 2.44. The molecule has 0 atom stereocenters. The van der Waals surface area contributed by atoms with Gasteiger partial charge < -0.3 is 5.32 Å². The lowest BCUT2D eigenvalue weighted by Crippen LogP contribution is -2.44. The van der Waals surface area contributed by atoms with Gasteiger partial charge in [-0.15, -0.1) is 0 Å². The van der Waals surface area contributed by atoms with Crippen molar-refractivity contribution in [3.63, 3.8) is 0 Å². The molecule has 1 saturated carbocycles. The summed E-state index contributed by atoms with van der Waals surface area (Å²) in [4.78, 5) is 30.6. The molecule has 3 rings (SSSR count). The van der Waals surface area contributed by atoms with Crippen LogP contribution < -0.4 is 16.2 Å². The SMILES string of the molecule is CC.O=C(NNC(=O)C(F)F)c1cnc(NC2(c3ccc(Cl)cc3)CC2)nc1. The molecule has 1 aliphatic rings. The van der Waals surface area contributed by atoms with Gasteiger partial charge in [0, 0.05) is 17.4 Å². The Morgan fingerprint density at radius 2 is 1.64 bits per heavy atom. The smallest absolute Gasteiger partial charge is 0.317 e. The van der Waals surface area contributed by atoms with Crippen molar-refractivity contribution in [1.29, 1.82) is 0 Å². The Hall–Kier alpha value is -2.81. The third-order valence-corrected chi connectivity index (χ3v) is 4.16. The number of rotatable bonds is 5. The topological polar surface area (TPSA) is 96.0 Å². The fourth-order valence-corrected chi connectivity index (χ4v) is 2.47. The Bertz CT molecular complexity index is 812. The van der Waals surface area contributed by atoms with E-state index in [1.165, 1.54) is 12.4 Å². The lowest BCUT2D eigenvalue weighted by molar-refractivity contribution is -0.132. The highest BCUT2D eigenvalue weighted by atomic mass is 35.5. The van der Waals surface area contributed by atoms with Gasteiger partial charge in [-0.2, -0.15) is 8.78 Å². The third-order valence-electron chi connectivity index (χ3n) is 3.91. The van der Waals surface area contributed by atoms with Gasteiger partial charge in [-0.05, 0) is 30.5 Å². The molecule has 3 N–H and O–H groups in total. The van der Waals surface area contributed by atoms with Crippen LogP contribution in [0.4, 0.5) is 14.7 Å². The summed E-state index contributed by atoms with van der Waals surface area (Å²) in [6, 6.07) is 7.47. The number of nitrogens with zero attached hydrogens (tertiary/aromatic N) is 2. The van der Waals surface area contributed by atoms with Gasteiger partial charge in [-0.3, -0.25) is 20.4 Å². The van der Waals surface area contributed by atoms with Crippen molar-refractivity contribution >= 4 is 29.4 Å². The van der Waals surface area contributed by atoms with Gasteiger partial charge in [0.15, 0.2) is 0 Å². The summed E-state index contributed by atoms with van der Waals surface area (Å²) in [6.07, 6.45) is 1.05. The van der Waals surface area contributed by atoms with Gasteiger partial charge in [-0.25, -0.2) is 9.97 Å². The zero-order valence-corrected chi connectivity index (χ0v) is 16.1. The maximum absolute atomic E-state index is 12.1. The second-order valence-corrected chi connectivity index (χ2v) is 6.19. The average molecular weight is 412 g/mol. The van der Waals surface area contributed by atoms with E-state index in [0.29, 0.717) is 11.0 Å². The fourth-order valence-electron chi connectivity index (χ4n) is 2.35. The van der Waals surface area contributed by atoms with E-state index in [2.05, 4.69) is 15.3 Å². The zero-order chi connectivity index (χ0) is 20.7. The standard InChI is InChI=1S/C16H14ClF2N5O2.C2H6/c17-11-3-1-10(2-4-11)16(5-6-16)22-15-20-7-9(8-21-15)13(25)23-24-14(26)12(18)19;1-2/h1-4,7-8,12H,5-6H2,(H,23,25)(H,24,26)(H,20,21,22);1-2H3. The van der Waals surface area contributed by atoms with Gasteiger partial charge in [-0.1, -0.05) is 37.6 Å². The van der Waals surface area contributed by atoms with Crippen LogP contribution in [-0.4, -0.2) is 28.2 Å². The summed E-state index contributed by atoms with van der Waals surface area (Å²) in [5.74, 6) is -2.08. The van der Waals surface area contributed by atoms with E-state index in [4.69, 9.17) is 11.6 Å². The summed E-state index contributed by atoms with van der Waals surface area (Å²) in [7, 11) is 0. The second-order valence-electron chi connectivity index (χ2n) is 5.75. The number of carbonyl (C=O) groups is 2. The van der Waals surface area contributed by atoms with E-state index >= 15 is 0 Å². The maximum atomic E-state index is 12.1. The number of aromatic nitrogens is 2. The van der Waals surface area contributed by atoms with Crippen LogP contribution in [0.25, 0.3) is 0 Å². The largest absolute Gasteiger partial charge is 0.345 e. The number of halogens is 3. The monoisotopic (exact) mass is 411 g/mol. The Morgan fingerprint density at radius 3 is 2.14 bits per heavy atom. The molecule has 0 spiro atoms. The van der Waals surface area contributed by atoms with Crippen LogP contribution in [0.15, 0.2) is 36.7 Å². The van der Waals surface area contributed by atoms with Crippen molar-refractivity contribution in [2.24, 2.45) is 0 Å². The molecule has 0 unspecified atom stereocenters. The summed E-state index contributed by atoms with van der Waals surface area (Å²) in [5, 5.41) is 3.88. The lowest BCUT2D eigenvalue weighted by atomic mass is 10.1. The fraction of sp³-hybridized carbons (Fsp3) is 0.333. The highest BCUT2D eigenvalue weighted by molar-refractivity contribution is 6.30. The Morgan fingerprint density at radius 1 is 1.07 bits per heavy atom. The summed E-state index contributed by atoms with van der Waals surface area (Å²) in [6.45, 7) is 4.00. The van der Waals surface area contributed by atoms with Gasteiger partial charge in [0.1, 0.15) is 0 Å². The van der Waals surface area contributed by atoms with Crippen LogP contribution in [0.1, 0.15) is 42.6 Å². The van der Waals surface area contributed by atoms with Crippen LogP contribution in [0.2, 0.25) is 5.02 Å². The van der Waals surface area contributed by atoms with Crippen molar-refractivity contribution in [1.82, 2.24) is 20.8 Å². The quantitative estimate of drug-likeness (QED) is 0.656. The molecule has 0 aliphatic heterocycles. The number of carbonyl (C=O) groups excluding carboxylic acids is 2. The Labute approximate surface area is 165 Å². The first kappa shape index (κ1) is 21.5. The molecule has 1 aromatic carbocycles. The highest BCUT2D eigenvalue weighted by Crippen LogP contribution is 2.47. The number of benzene rings is 1. The number of hydrazine groups is 1. The van der Waals surface area contributed by atoms with E-state index in [1.807, 2.05) is 31.4 Å². The van der Waals surface area contributed by atoms with E-state index < -0.39 is 18.2 Å². The summed E-state index contributed by atoms with van der Waals surface area (Å²) < 4.78 is 24.1. The molecule has 2 aromatic rings. The number of hydrogen-bond acceptors (Lipinski definition) is 5. The normalized spacial score (nSPS) is 13.8. The van der Waals surface area contributed by atoms with Gasteiger partial charge >= 0.3 is 12.3 Å². The molecule has 1 aromatic heterocycles. The number of hydrogen-bond donors (Lipinski definition) is 3. The second kappa shape index (κ2) is 9.41. The molecule has 0 saturated heterocycles. The van der Waals surface area contributed by atoms with E-state index in [1.54, 1.807) is 17.6 Å².